The molecule has 0 saturated carbocycles. The monoisotopic (exact) mass is 142 g/mol. The van der Waals surface area contributed by atoms with E-state index >= 15 is 0 Å². The van der Waals surface area contributed by atoms with E-state index in [1.807, 2.05) is 6.08 Å². The molecule has 0 heterocycles. The highest BCUT2D eigenvalue weighted by Gasteiger charge is 2.06. The van der Waals surface area contributed by atoms with Crippen LogP contribution >= 0.6 is 11.8 Å². The normalized spacial score (nSPS) is 12.3. The Morgan fingerprint density at radius 1 is 1.33 bits per heavy atom. The summed E-state index contributed by atoms with van der Waals surface area (Å²) in [5.74, 6) is 0. The Hall–Kier alpha value is -0.170. The summed E-state index contributed by atoms with van der Waals surface area (Å²) in [5, 5.41) is 2.06. The van der Waals surface area contributed by atoms with Gasteiger partial charge in [-0.25, -0.2) is 0 Å². The smallest absolute Gasteiger partial charge is 0.0116 e. The Morgan fingerprint density at radius 3 is 2.22 bits per heavy atom. The van der Waals surface area contributed by atoms with Crippen molar-refractivity contribution < 1.29 is 0 Å². The third-order valence-electron chi connectivity index (χ3n) is 0.636. The lowest BCUT2D eigenvalue weighted by Gasteiger charge is -2.13. The summed E-state index contributed by atoms with van der Waals surface area (Å²) in [6.45, 7) is 10.1. The first-order valence-electron chi connectivity index (χ1n) is 3.01. The van der Waals surface area contributed by atoms with Gasteiger partial charge in [-0.2, -0.15) is 0 Å². The maximum absolute atomic E-state index is 3.58. The Balaban J connectivity index is 3.50. The van der Waals surface area contributed by atoms with Crippen molar-refractivity contribution >= 4 is 11.8 Å². The van der Waals surface area contributed by atoms with E-state index in [0.29, 0.717) is 4.75 Å². The van der Waals surface area contributed by atoms with Crippen LogP contribution in [0.15, 0.2) is 24.1 Å². The van der Waals surface area contributed by atoms with Gasteiger partial charge in [0, 0.05) is 4.75 Å². The zero-order valence-electron chi connectivity index (χ0n) is 6.35. The highest BCUT2D eigenvalue weighted by atomic mass is 32.2. The van der Waals surface area contributed by atoms with Crippen LogP contribution in [0.2, 0.25) is 0 Å². The first-order valence-corrected chi connectivity index (χ1v) is 3.89. The highest BCUT2D eigenvalue weighted by Crippen LogP contribution is 2.23. The Labute approximate surface area is 62.0 Å². The van der Waals surface area contributed by atoms with Crippen molar-refractivity contribution in [3.8, 4) is 0 Å². The maximum atomic E-state index is 3.58. The van der Waals surface area contributed by atoms with E-state index in [1.54, 1.807) is 17.8 Å². The van der Waals surface area contributed by atoms with Gasteiger partial charge in [-0.3, -0.25) is 0 Å². The van der Waals surface area contributed by atoms with E-state index in [2.05, 4.69) is 32.8 Å². The van der Waals surface area contributed by atoms with Gasteiger partial charge in [-0.15, -0.1) is 11.8 Å². The molecule has 52 valence electrons. The second kappa shape index (κ2) is 3.78. The van der Waals surface area contributed by atoms with Crippen molar-refractivity contribution in [2.24, 2.45) is 0 Å². The van der Waals surface area contributed by atoms with Crippen LogP contribution in [0, 0.1) is 0 Å². The first-order chi connectivity index (χ1) is 4.06. The van der Waals surface area contributed by atoms with Crippen LogP contribution in [0.5, 0.6) is 0 Å². The average Bonchev–Trinajstić information content (AvgIpc) is 1.63. The average molecular weight is 142 g/mol. The molecular weight excluding hydrogens is 128 g/mol. The summed E-state index contributed by atoms with van der Waals surface area (Å²) in [6, 6.07) is 0. The van der Waals surface area contributed by atoms with Crippen molar-refractivity contribution in [3.63, 3.8) is 0 Å². The lowest BCUT2D eigenvalue weighted by molar-refractivity contribution is 0.807. The summed E-state index contributed by atoms with van der Waals surface area (Å²) >= 11 is 1.81. The molecule has 0 aliphatic heterocycles. The molecule has 0 atom stereocenters. The largest absolute Gasteiger partial charge is 0.128 e. The van der Waals surface area contributed by atoms with Crippen molar-refractivity contribution in [1.29, 1.82) is 0 Å². The van der Waals surface area contributed by atoms with Gasteiger partial charge in [0.15, 0.2) is 0 Å². The second-order valence-corrected chi connectivity index (χ2v) is 4.53. The van der Waals surface area contributed by atoms with Gasteiger partial charge in [-0.1, -0.05) is 39.5 Å². The Bertz CT molecular complexity index is 106. The van der Waals surface area contributed by atoms with E-state index in [9.17, 15) is 0 Å². The lowest BCUT2D eigenvalue weighted by Crippen LogP contribution is -2.04. The maximum Gasteiger partial charge on any atom is 0.0116 e. The molecular formula is C8H14S. The quantitative estimate of drug-likeness (QED) is 0.533. The van der Waals surface area contributed by atoms with Gasteiger partial charge < -0.3 is 0 Å². The van der Waals surface area contributed by atoms with Crippen molar-refractivity contribution in [1.82, 2.24) is 0 Å². The van der Waals surface area contributed by atoms with E-state index in [-0.39, 0.29) is 0 Å². The lowest BCUT2D eigenvalue weighted by atomic mass is 10.3. The predicted molar refractivity (Wildman–Crippen MR) is 46.7 cm³/mol. The number of hydrogen-bond acceptors (Lipinski definition) is 1. The minimum absolute atomic E-state index is 0.333. The predicted octanol–water partition coefficient (Wildman–Crippen LogP) is 3.22. The van der Waals surface area contributed by atoms with E-state index < -0.39 is 0 Å². The standard InChI is InChI=1S/C8H14S/c1-5-6-7-9-8(2,3)4/h5-7H,1H2,2-4H3/b7-6+. The summed E-state index contributed by atoms with van der Waals surface area (Å²) < 4.78 is 0.333. The van der Waals surface area contributed by atoms with Crippen molar-refractivity contribution in [2.45, 2.75) is 25.5 Å². The summed E-state index contributed by atoms with van der Waals surface area (Å²) in [4.78, 5) is 0. The van der Waals surface area contributed by atoms with E-state index in [0.717, 1.165) is 0 Å². The van der Waals surface area contributed by atoms with Gasteiger partial charge in [0.25, 0.3) is 0 Å². The molecule has 0 rings (SSSR count). The molecule has 0 aromatic heterocycles. The van der Waals surface area contributed by atoms with Crippen LogP contribution in [0.4, 0.5) is 0 Å². The number of allylic oxidation sites excluding steroid dienone is 2. The molecule has 0 aliphatic rings. The molecule has 9 heavy (non-hydrogen) atoms. The fraction of sp³-hybridized carbons (Fsp3) is 0.500. The summed E-state index contributed by atoms with van der Waals surface area (Å²) in [5.41, 5.74) is 0. The highest BCUT2D eigenvalue weighted by molar-refractivity contribution is 8.03. The zero-order valence-corrected chi connectivity index (χ0v) is 7.16. The van der Waals surface area contributed by atoms with Crippen LogP contribution in [-0.4, -0.2) is 4.75 Å². The molecule has 0 nitrogen and oxygen atoms in total. The minimum atomic E-state index is 0.333. The molecule has 0 spiro atoms. The summed E-state index contributed by atoms with van der Waals surface area (Å²) in [7, 11) is 0. The van der Waals surface area contributed by atoms with Crippen molar-refractivity contribution in [2.75, 3.05) is 0 Å². The minimum Gasteiger partial charge on any atom is -0.128 e. The molecule has 0 radical (unpaired) electrons. The van der Waals surface area contributed by atoms with Crippen LogP contribution in [0.1, 0.15) is 20.8 Å². The van der Waals surface area contributed by atoms with Crippen LogP contribution in [0.3, 0.4) is 0 Å². The van der Waals surface area contributed by atoms with Crippen LogP contribution < -0.4 is 0 Å². The molecule has 0 amide bonds. The fourth-order valence-electron chi connectivity index (χ4n) is 0.299. The van der Waals surface area contributed by atoms with E-state index in [1.165, 1.54) is 0 Å². The van der Waals surface area contributed by atoms with Gasteiger partial charge >= 0.3 is 0 Å². The van der Waals surface area contributed by atoms with Crippen LogP contribution in [-0.2, 0) is 0 Å². The molecule has 0 saturated heterocycles. The zero-order chi connectivity index (χ0) is 7.33. The van der Waals surface area contributed by atoms with E-state index in [4.69, 9.17) is 0 Å². The molecule has 0 bridgehead atoms. The molecule has 0 aromatic rings. The SMILES string of the molecule is C=C/C=C/SC(C)(C)C. The molecule has 0 aliphatic carbocycles. The van der Waals surface area contributed by atoms with Gasteiger partial charge in [0.2, 0.25) is 0 Å². The Kier molecular flexibility index (Phi) is 3.71. The molecule has 0 aromatic carbocycles. The third-order valence-corrected chi connectivity index (χ3v) is 1.64. The molecule has 0 N–H and O–H groups in total. The van der Waals surface area contributed by atoms with Crippen LogP contribution in [0.25, 0.3) is 0 Å². The second-order valence-electron chi connectivity index (χ2n) is 2.79. The number of hydrogen-bond donors (Lipinski definition) is 0. The van der Waals surface area contributed by atoms with Gasteiger partial charge in [0.1, 0.15) is 0 Å². The number of thioether (sulfide) groups is 1. The summed E-state index contributed by atoms with van der Waals surface area (Å²) in [6.07, 6.45) is 3.74. The van der Waals surface area contributed by atoms with Gasteiger partial charge in [-0.05, 0) is 5.41 Å². The topological polar surface area (TPSA) is 0 Å². The molecule has 0 unspecified atom stereocenters. The first kappa shape index (κ1) is 8.83. The molecule has 1 heteroatoms. The third kappa shape index (κ3) is 7.83. The van der Waals surface area contributed by atoms with Gasteiger partial charge in [0.05, 0.1) is 0 Å². The fourth-order valence-corrected chi connectivity index (χ4v) is 0.897. The number of rotatable bonds is 2. The van der Waals surface area contributed by atoms with Crippen molar-refractivity contribution in [3.05, 3.63) is 24.1 Å². The molecule has 0 fully saturated rings. The Morgan fingerprint density at radius 2 is 1.89 bits per heavy atom.